The van der Waals surface area contributed by atoms with Crippen LogP contribution in [0.1, 0.15) is 17.2 Å². The summed E-state index contributed by atoms with van der Waals surface area (Å²) < 4.78 is 10.5. The smallest absolute Gasteiger partial charge is 0.243 e. The Kier molecular flexibility index (Phi) is 3.61. The van der Waals surface area contributed by atoms with Crippen molar-refractivity contribution in [3.05, 3.63) is 29.3 Å². The quantitative estimate of drug-likeness (QED) is 0.760. The van der Waals surface area contributed by atoms with Crippen LogP contribution in [-0.4, -0.2) is 25.7 Å². The predicted octanol–water partition coefficient (Wildman–Crippen LogP) is 0.123. The van der Waals surface area contributed by atoms with E-state index in [4.69, 9.17) is 20.9 Å². The van der Waals surface area contributed by atoms with E-state index in [-0.39, 0.29) is 19.3 Å². The Morgan fingerprint density at radius 1 is 1.53 bits per heavy atom. The molecule has 1 aliphatic heterocycles. The first-order valence-electron chi connectivity index (χ1n) is 5.54. The van der Waals surface area contributed by atoms with Crippen LogP contribution >= 0.6 is 0 Å². The molecule has 0 saturated heterocycles. The van der Waals surface area contributed by atoms with Crippen LogP contribution in [0.5, 0.6) is 5.75 Å². The Hall–Kier alpha value is -1.59. The second kappa shape index (κ2) is 5.16. The maximum absolute atomic E-state index is 10.5. The molecule has 1 amide bonds. The molecule has 1 heterocycles. The van der Waals surface area contributed by atoms with E-state index in [0.29, 0.717) is 0 Å². The zero-order chi connectivity index (χ0) is 12.3. The highest BCUT2D eigenvalue weighted by Crippen LogP contribution is 2.27. The van der Waals surface area contributed by atoms with Gasteiger partial charge in [-0.15, -0.1) is 0 Å². The summed E-state index contributed by atoms with van der Waals surface area (Å²) in [6.07, 6.45) is 0.915. The molecule has 1 aromatic carbocycles. The molecule has 0 spiro atoms. The van der Waals surface area contributed by atoms with E-state index in [9.17, 15) is 4.79 Å². The summed E-state index contributed by atoms with van der Waals surface area (Å²) in [7, 11) is 0. The van der Waals surface area contributed by atoms with Gasteiger partial charge in [-0.1, -0.05) is 12.1 Å². The third-order valence-electron chi connectivity index (χ3n) is 2.68. The number of carbonyl (C=O) groups is 1. The number of carbonyl (C=O) groups excluding carboxylic acids is 1. The maximum Gasteiger partial charge on any atom is 0.243 e. The van der Waals surface area contributed by atoms with Gasteiger partial charge in [-0.2, -0.15) is 0 Å². The van der Waals surface area contributed by atoms with E-state index in [0.717, 1.165) is 24.3 Å². The number of amides is 1. The lowest BCUT2D eigenvalue weighted by Crippen LogP contribution is -2.23. The Balaban J connectivity index is 1.95. The number of ether oxygens (including phenoxy) is 2. The number of nitrogens with two attached hydrogens (primary N) is 2. The molecule has 1 aliphatic rings. The average molecular weight is 236 g/mol. The highest BCUT2D eigenvalue weighted by atomic mass is 16.5. The zero-order valence-corrected chi connectivity index (χ0v) is 9.52. The van der Waals surface area contributed by atoms with Crippen LogP contribution in [-0.2, 0) is 16.0 Å². The average Bonchev–Trinajstić information content (AvgIpc) is 2.75. The second-order valence-electron chi connectivity index (χ2n) is 4.05. The van der Waals surface area contributed by atoms with Gasteiger partial charge in [0.05, 0.1) is 19.3 Å². The van der Waals surface area contributed by atoms with E-state index in [1.165, 1.54) is 5.56 Å². The molecule has 1 aromatic rings. The number of rotatable bonds is 5. The third kappa shape index (κ3) is 2.95. The lowest BCUT2D eigenvalue weighted by atomic mass is 10.0. The first-order valence-corrected chi connectivity index (χ1v) is 5.54. The fourth-order valence-corrected chi connectivity index (χ4v) is 1.82. The molecule has 92 valence electrons. The van der Waals surface area contributed by atoms with Crippen LogP contribution in [0.4, 0.5) is 0 Å². The molecule has 2 rings (SSSR count). The van der Waals surface area contributed by atoms with Crippen LogP contribution in [0.2, 0.25) is 0 Å². The van der Waals surface area contributed by atoms with Crippen molar-refractivity contribution in [2.45, 2.75) is 12.5 Å². The molecule has 0 saturated carbocycles. The van der Waals surface area contributed by atoms with E-state index >= 15 is 0 Å². The zero-order valence-electron chi connectivity index (χ0n) is 9.52. The molecular weight excluding hydrogens is 220 g/mol. The molecule has 0 bridgehead atoms. The standard InChI is InChI=1S/C12H16N2O3/c13-10(6-16-7-12(14)15)8-1-2-11-9(5-8)3-4-17-11/h1-2,5,10H,3-4,6-7,13H2,(H2,14,15). The minimum Gasteiger partial charge on any atom is -0.493 e. The predicted molar refractivity (Wildman–Crippen MR) is 62.6 cm³/mol. The minimum absolute atomic E-state index is 0.0955. The van der Waals surface area contributed by atoms with Gasteiger partial charge < -0.3 is 20.9 Å². The van der Waals surface area contributed by atoms with Crippen LogP contribution in [0.25, 0.3) is 0 Å². The van der Waals surface area contributed by atoms with Crippen molar-refractivity contribution >= 4 is 5.91 Å². The van der Waals surface area contributed by atoms with E-state index in [2.05, 4.69) is 0 Å². The maximum atomic E-state index is 10.5. The van der Waals surface area contributed by atoms with Gasteiger partial charge in [-0.25, -0.2) is 0 Å². The molecule has 5 nitrogen and oxygen atoms in total. The molecule has 1 atom stereocenters. The van der Waals surface area contributed by atoms with Crippen molar-refractivity contribution in [1.82, 2.24) is 0 Å². The normalized spacial score (nSPS) is 15.1. The minimum atomic E-state index is -0.487. The van der Waals surface area contributed by atoms with Crippen LogP contribution in [0.15, 0.2) is 18.2 Å². The molecule has 0 aromatic heterocycles. The number of fused-ring (bicyclic) bond motifs is 1. The summed E-state index contributed by atoms with van der Waals surface area (Å²) in [4.78, 5) is 10.5. The summed E-state index contributed by atoms with van der Waals surface area (Å²) in [6, 6.07) is 5.62. The van der Waals surface area contributed by atoms with E-state index in [1.807, 2.05) is 18.2 Å². The summed E-state index contributed by atoms with van der Waals surface area (Å²) in [6.45, 7) is 0.913. The molecule has 0 fully saturated rings. The van der Waals surface area contributed by atoms with Crippen molar-refractivity contribution < 1.29 is 14.3 Å². The summed E-state index contributed by atoms with van der Waals surface area (Å²) >= 11 is 0. The topological polar surface area (TPSA) is 87.6 Å². The molecule has 17 heavy (non-hydrogen) atoms. The van der Waals surface area contributed by atoms with Gasteiger partial charge >= 0.3 is 0 Å². The number of hydrogen-bond acceptors (Lipinski definition) is 4. The summed E-state index contributed by atoms with van der Waals surface area (Å²) in [5.41, 5.74) is 13.1. The summed E-state index contributed by atoms with van der Waals surface area (Å²) in [5.74, 6) is 0.443. The molecule has 5 heteroatoms. The van der Waals surface area contributed by atoms with Gasteiger partial charge in [0.2, 0.25) is 5.91 Å². The molecule has 0 radical (unpaired) electrons. The first-order chi connectivity index (χ1) is 8.16. The highest BCUT2D eigenvalue weighted by Gasteiger charge is 2.14. The van der Waals surface area contributed by atoms with Gasteiger partial charge in [0.25, 0.3) is 0 Å². The fourth-order valence-electron chi connectivity index (χ4n) is 1.82. The van der Waals surface area contributed by atoms with Crippen LogP contribution < -0.4 is 16.2 Å². The molecular formula is C12H16N2O3. The largest absolute Gasteiger partial charge is 0.493 e. The van der Waals surface area contributed by atoms with Gasteiger partial charge in [0, 0.05) is 6.42 Å². The van der Waals surface area contributed by atoms with Crippen molar-refractivity contribution in [3.63, 3.8) is 0 Å². The monoisotopic (exact) mass is 236 g/mol. The van der Waals surface area contributed by atoms with Crippen molar-refractivity contribution in [3.8, 4) is 5.75 Å². The first kappa shape index (κ1) is 11.9. The van der Waals surface area contributed by atoms with Gasteiger partial charge in [-0.05, 0) is 17.2 Å². The Labute approximate surface area is 99.7 Å². The Bertz CT molecular complexity index is 420. The van der Waals surface area contributed by atoms with Crippen molar-refractivity contribution in [2.24, 2.45) is 11.5 Å². The Morgan fingerprint density at radius 3 is 3.12 bits per heavy atom. The Morgan fingerprint density at radius 2 is 2.35 bits per heavy atom. The molecule has 4 N–H and O–H groups in total. The lowest BCUT2D eigenvalue weighted by molar-refractivity contribution is -0.122. The van der Waals surface area contributed by atoms with Crippen molar-refractivity contribution in [1.29, 1.82) is 0 Å². The SMILES string of the molecule is NC(=O)COCC(N)c1ccc2c(c1)CCO2. The lowest BCUT2D eigenvalue weighted by Gasteiger charge is -2.12. The summed E-state index contributed by atoms with van der Waals surface area (Å²) in [5, 5.41) is 0. The number of benzene rings is 1. The number of hydrogen-bond donors (Lipinski definition) is 2. The van der Waals surface area contributed by atoms with Crippen LogP contribution in [0.3, 0.4) is 0 Å². The van der Waals surface area contributed by atoms with Crippen molar-refractivity contribution in [2.75, 3.05) is 19.8 Å². The second-order valence-corrected chi connectivity index (χ2v) is 4.05. The van der Waals surface area contributed by atoms with Gasteiger partial charge in [0.15, 0.2) is 0 Å². The van der Waals surface area contributed by atoms with Crippen LogP contribution in [0, 0.1) is 0 Å². The van der Waals surface area contributed by atoms with E-state index < -0.39 is 5.91 Å². The molecule has 0 aliphatic carbocycles. The van der Waals surface area contributed by atoms with E-state index in [1.54, 1.807) is 0 Å². The van der Waals surface area contributed by atoms with Gasteiger partial charge in [0.1, 0.15) is 12.4 Å². The van der Waals surface area contributed by atoms with Gasteiger partial charge in [-0.3, -0.25) is 4.79 Å². The third-order valence-corrected chi connectivity index (χ3v) is 2.68. The number of primary amides is 1. The fraction of sp³-hybridized carbons (Fsp3) is 0.417. The molecule has 1 unspecified atom stereocenters. The highest BCUT2D eigenvalue weighted by molar-refractivity contribution is 5.74.